The lowest BCUT2D eigenvalue weighted by Gasteiger charge is -2.42. The molecule has 3 rings (SSSR count). The molecule has 3 nitrogen and oxygen atoms in total. The number of hydrogen-bond acceptors (Lipinski definition) is 3. The number of nitrogens with zero attached hydrogens (tertiary/aromatic N) is 1. The highest BCUT2D eigenvalue weighted by atomic mass is 79.9. The first-order chi connectivity index (χ1) is 9.19. The quantitative estimate of drug-likeness (QED) is 0.801. The molecule has 102 valence electrons. The molecule has 4 heteroatoms. The van der Waals surface area contributed by atoms with Crippen molar-refractivity contribution in [1.82, 2.24) is 4.90 Å². The summed E-state index contributed by atoms with van der Waals surface area (Å²) in [5.74, 6) is 0.0484. The van der Waals surface area contributed by atoms with Crippen LogP contribution in [-0.4, -0.2) is 30.6 Å². The minimum Gasteiger partial charge on any atom is -0.466 e. The Balaban J connectivity index is 1.64. The zero-order valence-electron chi connectivity index (χ0n) is 11.1. The fraction of sp³-hybridized carbons (Fsp3) is 0.533. The maximum atomic E-state index is 11.6. The lowest BCUT2D eigenvalue weighted by molar-refractivity contribution is -0.155. The van der Waals surface area contributed by atoms with Crippen molar-refractivity contribution in [2.75, 3.05) is 19.7 Å². The number of ether oxygens (including phenoxy) is 1. The van der Waals surface area contributed by atoms with Gasteiger partial charge >= 0.3 is 5.97 Å². The molecule has 1 atom stereocenters. The highest BCUT2D eigenvalue weighted by molar-refractivity contribution is 9.10. The number of aryl methyl sites for hydroxylation is 1. The summed E-state index contributed by atoms with van der Waals surface area (Å²) in [5.41, 5.74) is 2.88. The third-order valence-corrected chi connectivity index (χ3v) is 4.61. The topological polar surface area (TPSA) is 29.5 Å². The molecule has 0 N–H and O–H groups in total. The Kier molecular flexibility index (Phi) is 3.63. The van der Waals surface area contributed by atoms with Crippen LogP contribution < -0.4 is 0 Å². The summed E-state index contributed by atoms with van der Waals surface area (Å²) in [7, 11) is 0. The number of benzene rings is 1. The number of halogens is 1. The smallest absolute Gasteiger partial charge is 0.311 e. The predicted molar refractivity (Wildman–Crippen MR) is 76.9 cm³/mol. The van der Waals surface area contributed by atoms with Gasteiger partial charge in [-0.05, 0) is 43.0 Å². The monoisotopic (exact) mass is 323 g/mol. The molecule has 1 saturated heterocycles. The Morgan fingerprint density at radius 3 is 3.00 bits per heavy atom. The zero-order valence-corrected chi connectivity index (χ0v) is 12.6. The van der Waals surface area contributed by atoms with E-state index < -0.39 is 0 Å². The number of esters is 1. The Hall–Kier alpha value is -0.870. The van der Waals surface area contributed by atoms with Gasteiger partial charge in [0.15, 0.2) is 0 Å². The number of carbonyl (C=O) groups excluding carboxylic acids is 1. The van der Waals surface area contributed by atoms with Crippen LogP contribution in [0.25, 0.3) is 0 Å². The first kappa shape index (κ1) is 13.1. The second kappa shape index (κ2) is 5.25. The van der Waals surface area contributed by atoms with E-state index in [0.717, 1.165) is 24.0 Å². The lowest BCUT2D eigenvalue weighted by Crippen LogP contribution is -2.51. The Bertz CT molecular complexity index is 497. The number of fused-ring (bicyclic) bond motifs is 1. The Morgan fingerprint density at radius 2 is 2.26 bits per heavy atom. The SMILES string of the molecule is CCOC(=O)C1CN([C@H]2CCc3cc(Br)ccc32)C1. The summed E-state index contributed by atoms with van der Waals surface area (Å²) in [6, 6.07) is 7.04. The summed E-state index contributed by atoms with van der Waals surface area (Å²) in [5, 5.41) is 0. The molecule has 1 fully saturated rings. The van der Waals surface area contributed by atoms with Crippen LogP contribution in [0.3, 0.4) is 0 Å². The van der Waals surface area contributed by atoms with Crippen molar-refractivity contribution < 1.29 is 9.53 Å². The van der Waals surface area contributed by atoms with Gasteiger partial charge in [0.05, 0.1) is 12.5 Å². The standard InChI is InChI=1S/C15H18BrNO2/c1-2-19-15(18)11-8-17(9-11)14-6-3-10-7-12(16)4-5-13(10)14/h4-5,7,11,14H,2-3,6,8-9H2,1H3/t14-/m0/s1. The van der Waals surface area contributed by atoms with Gasteiger partial charge in [-0.25, -0.2) is 0 Å². The molecule has 1 aromatic carbocycles. The summed E-state index contributed by atoms with van der Waals surface area (Å²) in [4.78, 5) is 14.0. The second-order valence-corrected chi connectivity index (χ2v) is 6.22. The van der Waals surface area contributed by atoms with Crippen molar-refractivity contribution in [3.05, 3.63) is 33.8 Å². The predicted octanol–water partition coefficient (Wildman–Crippen LogP) is 2.93. The lowest BCUT2D eigenvalue weighted by atomic mass is 9.95. The van der Waals surface area contributed by atoms with Gasteiger partial charge in [0.1, 0.15) is 0 Å². The van der Waals surface area contributed by atoms with Gasteiger partial charge in [0, 0.05) is 23.6 Å². The fourth-order valence-corrected chi connectivity index (χ4v) is 3.53. The van der Waals surface area contributed by atoms with Gasteiger partial charge in [-0.3, -0.25) is 9.69 Å². The van der Waals surface area contributed by atoms with Crippen LogP contribution in [0.15, 0.2) is 22.7 Å². The van der Waals surface area contributed by atoms with Gasteiger partial charge in [-0.2, -0.15) is 0 Å². The first-order valence-electron chi connectivity index (χ1n) is 6.88. The van der Waals surface area contributed by atoms with Crippen LogP contribution in [0.4, 0.5) is 0 Å². The molecule has 0 spiro atoms. The normalized spacial score (nSPS) is 22.9. The van der Waals surface area contributed by atoms with Gasteiger partial charge in [-0.1, -0.05) is 22.0 Å². The van der Waals surface area contributed by atoms with E-state index in [9.17, 15) is 4.79 Å². The third kappa shape index (κ3) is 2.43. The summed E-state index contributed by atoms with van der Waals surface area (Å²) >= 11 is 3.52. The largest absolute Gasteiger partial charge is 0.466 e. The van der Waals surface area contributed by atoms with Crippen LogP contribution in [0.1, 0.15) is 30.5 Å². The molecule has 1 aliphatic heterocycles. The molecule has 0 amide bonds. The summed E-state index contributed by atoms with van der Waals surface area (Å²) in [6.07, 6.45) is 2.31. The van der Waals surface area contributed by atoms with E-state index in [-0.39, 0.29) is 11.9 Å². The molecular weight excluding hydrogens is 306 g/mol. The number of hydrogen-bond donors (Lipinski definition) is 0. The summed E-state index contributed by atoms with van der Waals surface area (Å²) in [6.45, 7) is 4.03. The molecule has 1 aromatic rings. The van der Waals surface area contributed by atoms with E-state index in [0.29, 0.717) is 12.6 Å². The molecule has 0 saturated carbocycles. The van der Waals surface area contributed by atoms with Crippen molar-refractivity contribution in [3.8, 4) is 0 Å². The van der Waals surface area contributed by atoms with Crippen LogP contribution in [-0.2, 0) is 16.0 Å². The summed E-state index contributed by atoms with van der Waals surface area (Å²) < 4.78 is 6.22. The van der Waals surface area contributed by atoms with Crippen molar-refractivity contribution in [3.63, 3.8) is 0 Å². The maximum absolute atomic E-state index is 11.6. The molecule has 1 aliphatic carbocycles. The minimum atomic E-state index is -0.0345. The van der Waals surface area contributed by atoms with Crippen LogP contribution in [0, 0.1) is 5.92 Å². The van der Waals surface area contributed by atoms with Crippen molar-refractivity contribution in [2.24, 2.45) is 5.92 Å². The molecule has 0 bridgehead atoms. The van der Waals surface area contributed by atoms with Gasteiger partial charge in [-0.15, -0.1) is 0 Å². The van der Waals surface area contributed by atoms with Gasteiger partial charge in [0.25, 0.3) is 0 Å². The van der Waals surface area contributed by atoms with Crippen molar-refractivity contribution >= 4 is 21.9 Å². The molecule has 0 unspecified atom stereocenters. The average Bonchev–Trinajstić information content (AvgIpc) is 2.70. The maximum Gasteiger partial charge on any atom is 0.311 e. The molecule has 0 radical (unpaired) electrons. The van der Waals surface area contributed by atoms with E-state index in [1.165, 1.54) is 17.5 Å². The van der Waals surface area contributed by atoms with E-state index in [2.05, 4.69) is 39.0 Å². The van der Waals surface area contributed by atoms with Crippen molar-refractivity contribution in [1.29, 1.82) is 0 Å². The van der Waals surface area contributed by atoms with Gasteiger partial charge in [0.2, 0.25) is 0 Å². The second-order valence-electron chi connectivity index (χ2n) is 5.30. The molecule has 19 heavy (non-hydrogen) atoms. The highest BCUT2D eigenvalue weighted by Crippen LogP contribution is 2.40. The average molecular weight is 324 g/mol. The number of carbonyl (C=O) groups is 1. The van der Waals surface area contributed by atoms with E-state index in [1.807, 2.05) is 6.92 Å². The number of rotatable bonds is 3. The van der Waals surface area contributed by atoms with E-state index >= 15 is 0 Å². The third-order valence-electron chi connectivity index (χ3n) is 4.12. The minimum absolute atomic E-state index is 0.0345. The number of likely N-dealkylation sites (tertiary alicyclic amines) is 1. The molecule has 0 aromatic heterocycles. The van der Waals surface area contributed by atoms with Crippen LogP contribution in [0.5, 0.6) is 0 Å². The Morgan fingerprint density at radius 1 is 1.47 bits per heavy atom. The van der Waals surface area contributed by atoms with E-state index in [4.69, 9.17) is 4.74 Å². The molecule has 1 heterocycles. The van der Waals surface area contributed by atoms with Crippen molar-refractivity contribution in [2.45, 2.75) is 25.8 Å². The first-order valence-corrected chi connectivity index (χ1v) is 7.67. The molecular formula is C15H18BrNO2. The highest BCUT2D eigenvalue weighted by Gasteiger charge is 2.40. The Labute approximate surface area is 122 Å². The van der Waals surface area contributed by atoms with Crippen LogP contribution >= 0.6 is 15.9 Å². The zero-order chi connectivity index (χ0) is 13.4. The van der Waals surface area contributed by atoms with Gasteiger partial charge < -0.3 is 4.74 Å². The molecule has 2 aliphatic rings. The van der Waals surface area contributed by atoms with Crippen LogP contribution in [0.2, 0.25) is 0 Å². The fourth-order valence-electron chi connectivity index (χ4n) is 3.12. The van der Waals surface area contributed by atoms with E-state index in [1.54, 1.807) is 0 Å².